The number of aliphatic hydroxyl groups excluding tert-OH is 1. The van der Waals surface area contributed by atoms with Gasteiger partial charge in [-0.1, -0.05) is 31.0 Å². The summed E-state index contributed by atoms with van der Waals surface area (Å²) in [6.45, 7) is 2.05. The van der Waals surface area contributed by atoms with Crippen molar-refractivity contribution < 1.29 is 5.11 Å². The smallest absolute Gasteiger partial charge is 0.0638 e. The van der Waals surface area contributed by atoms with Crippen molar-refractivity contribution in [2.45, 2.75) is 32.3 Å². The zero-order chi connectivity index (χ0) is 10.6. The molecular weight excluding hydrogens is 198 g/mol. The molecule has 78 valence electrons. The molecule has 0 heterocycles. The second-order valence-corrected chi connectivity index (χ2v) is 3.91. The van der Waals surface area contributed by atoms with Crippen LogP contribution in [0.1, 0.15) is 25.3 Å². The van der Waals surface area contributed by atoms with E-state index in [1.54, 1.807) is 6.07 Å². The molecule has 0 aromatic heterocycles. The summed E-state index contributed by atoms with van der Waals surface area (Å²) >= 11 is 5.87. The summed E-state index contributed by atoms with van der Waals surface area (Å²) in [5.41, 5.74) is 7.20. The van der Waals surface area contributed by atoms with E-state index in [2.05, 4.69) is 6.92 Å². The normalized spacial score (nSPS) is 12.8. The van der Waals surface area contributed by atoms with Gasteiger partial charge in [0.1, 0.15) is 0 Å². The monoisotopic (exact) mass is 213 g/mol. The van der Waals surface area contributed by atoms with Crippen molar-refractivity contribution in [3.05, 3.63) is 28.8 Å². The van der Waals surface area contributed by atoms with Gasteiger partial charge in [-0.05, 0) is 30.5 Å². The Hall–Kier alpha value is -0.730. The van der Waals surface area contributed by atoms with Gasteiger partial charge in [0.05, 0.1) is 16.8 Å². The van der Waals surface area contributed by atoms with Crippen LogP contribution in [0.25, 0.3) is 0 Å². The maximum absolute atomic E-state index is 9.59. The van der Waals surface area contributed by atoms with Crippen LogP contribution < -0.4 is 5.73 Å². The van der Waals surface area contributed by atoms with Crippen LogP contribution in [0.2, 0.25) is 5.02 Å². The zero-order valence-electron chi connectivity index (χ0n) is 8.33. The first-order chi connectivity index (χ1) is 6.63. The molecule has 3 heteroatoms. The predicted octanol–water partition coefficient (Wildman–Crippen LogP) is 2.63. The number of benzene rings is 1. The van der Waals surface area contributed by atoms with Crippen molar-refractivity contribution in [3.8, 4) is 0 Å². The topological polar surface area (TPSA) is 46.2 Å². The number of hydrogen-bond donors (Lipinski definition) is 2. The molecule has 0 spiro atoms. The highest BCUT2D eigenvalue weighted by Gasteiger charge is 2.05. The summed E-state index contributed by atoms with van der Waals surface area (Å²) in [5.74, 6) is 0. The van der Waals surface area contributed by atoms with Gasteiger partial charge in [0.2, 0.25) is 0 Å². The van der Waals surface area contributed by atoms with E-state index >= 15 is 0 Å². The summed E-state index contributed by atoms with van der Waals surface area (Å²) in [6.07, 6.45) is 2.18. The third kappa shape index (κ3) is 3.20. The molecule has 0 radical (unpaired) electrons. The van der Waals surface area contributed by atoms with Gasteiger partial charge in [0.25, 0.3) is 0 Å². The average molecular weight is 214 g/mol. The molecule has 3 N–H and O–H groups in total. The second-order valence-electron chi connectivity index (χ2n) is 3.50. The fraction of sp³-hybridized carbons (Fsp3) is 0.455. The SMILES string of the molecule is CCCC(O)Cc1ccc(N)c(Cl)c1. The van der Waals surface area contributed by atoms with Crippen molar-refractivity contribution in [2.75, 3.05) is 5.73 Å². The van der Waals surface area contributed by atoms with Crippen LogP contribution in [0.5, 0.6) is 0 Å². The van der Waals surface area contributed by atoms with Gasteiger partial charge < -0.3 is 10.8 Å². The predicted molar refractivity (Wildman–Crippen MR) is 60.5 cm³/mol. The van der Waals surface area contributed by atoms with Crippen LogP contribution in [-0.2, 0) is 6.42 Å². The first-order valence-electron chi connectivity index (χ1n) is 4.85. The van der Waals surface area contributed by atoms with Gasteiger partial charge in [0.15, 0.2) is 0 Å². The van der Waals surface area contributed by atoms with E-state index in [4.69, 9.17) is 17.3 Å². The van der Waals surface area contributed by atoms with Crippen molar-refractivity contribution >= 4 is 17.3 Å². The van der Waals surface area contributed by atoms with Crippen LogP contribution in [0.4, 0.5) is 5.69 Å². The van der Waals surface area contributed by atoms with Crippen molar-refractivity contribution in [2.24, 2.45) is 0 Å². The van der Waals surface area contributed by atoms with Gasteiger partial charge in [-0.25, -0.2) is 0 Å². The Morgan fingerprint density at radius 2 is 2.21 bits per heavy atom. The quantitative estimate of drug-likeness (QED) is 0.756. The van der Waals surface area contributed by atoms with Crippen LogP contribution >= 0.6 is 11.6 Å². The summed E-state index contributed by atoms with van der Waals surface area (Å²) in [5, 5.41) is 10.1. The van der Waals surface area contributed by atoms with Gasteiger partial charge in [-0.3, -0.25) is 0 Å². The van der Waals surface area contributed by atoms with E-state index in [1.165, 1.54) is 0 Å². The molecule has 0 saturated heterocycles. The molecule has 0 aliphatic heterocycles. The number of rotatable bonds is 4. The van der Waals surface area contributed by atoms with Gasteiger partial charge >= 0.3 is 0 Å². The maximum Gasteiger partial charge on any atom is 0.0638 e. The van der Waals surface area contributed by atoms with E-state index < -0.39 is 0 Å². The Labute approximate surface area is 89.7 Å². The minimum Gasteiger partial charge on any atom is -0.398 e. The van der Waals surface area contributed by atoms with Crippen molar-refractivity contribution in [1.29, 1.82) is 0 Å². The van der Waals surface area contributed by atoms with Crippen molar-refractivity contribution in [3.63, 3.8) is 0 Å². The Morgan fingerprint density at radius 3 is 2.79 bits per heavy atom. The molecule has 1 aromatic rings. The number of hydrogen-bond acceptors (Lipinski definition) is 2. The lowest BCUT2D eigenvalue weighted by Gasteiger charge is -2.09. The number of nitrogen functional groups attached to an aromatic ring is 1. The number of anilines is 1. The summed E-state index contributed by atoms with van der Waals surface area (Å²) in [7, 11) is 0. The molecule has 2 nitrogen and oxygen atoms in total. The Bertz CT molecular complexity index is 301. The molecular formula is C11H16ClNO. The van der Waals surface area contributed by atoms with Crippen molar-refractivity contribution in [1.82, 2.24) is 0 Å². The number of aliphatic hydroxyl groups is 1. The number of halogens is 1. The van der Waals surface area contributed by atoms with E-state index in [-0.39, 0.29) is 6.10 Å². The van der Waals surface area contributed by atoms with Gasteiger partial charge in [-0.15, -0.1) is 0 Å². The fourth-order valence-electron chi connectivity index (χ4n) is 1.40. The molecule has 0 saturated carbocycles. The Morgan fingerprint density at radius 1 is 1.50 bits per heavy atom. The minimum absolute atomic E-state index is 0.278. The van der Waals surface area contributed by atoms with Crippen LogP contribution in [-0.4, -0.2) is 11.2 Å². The molecule has 0 fully saturated rings. The highest BCUT2D eigenvalue weighted by molar-refractivity contribution is 6.33. The Balaban J connectivity index is 2.63. The molecule has 0 bridgehead atoms. The molecule has 1 aromatic carbocycles. The zero-order valence-corrected chi connectivity index (χ0v) is 9.09. The summed E-state index contributed by atoms with van der Waals surface area (Å²) in [4.78, 5) is 0. The first kappa shape index (κ1) is 11.3. The van der Waals surface area contributed by atoms with Gasteiger partial charge in [0, 0.05) is 0 Å². The fourth-order valence-corrected chi connectivity index (χ4v) is 1.61. The van der Waals surface area contributed by atoms with E-state index in [1.807, 2.05) is 12.1 Å². The standard InChI is InChI=1S/C11H16ClNO/c1-2-3-9(14)6-8-4-5-11(13)10(12)7-8/h4-5,7,9,14H,2-3,6,13H2,1H3. The van der Waals surface area contributed by atoms with Crippen LogP contribution in [0, 0.1) is 0 Å². The molecule has 1 rings (SSSR count). The Kier molecular flexibility index (Phi) is 4.23. The first-order valence-corrected chi connectivity index (χ1v) is 5.23. The molecule has 1 atom stereocenters. The highest BCUT2D eigenvalue weighted by atomic mass is 35.5. The lowest BCUT2D eigenvalue weighted by atomic mass is 10.0. The molecule has 0 aliphatic carbocycles. The summed E-state index contributed by atoms with van der Waals surface area (Å²) < 4.78 is 0. The second kappa shape index (κ2) is 5.23. The van der Waals surface area contributed by atoms with Gasteiger partial charge in [-0.2, -0.15) is 0 Å². The lowest BCUT2D eigenvalue weighted by molar-refractivity contribution is 0.164. The molecule has 0 amide bonds. The maximum atomic E-state index is 9.59. The average Bonchev–Trinajstić information content (AvgIpc) is 2.12. The molecule has 0 aliphatic rings. The minimum atomic E-state index is -0.278. The van der Waals surface area contributed by atoms with E-state index in [0.29, 0.717) is 17.1 Å². The molecule has 1 unspecified atom stereocenters. The third-order valence-corrected chi connectivity index (χ3v) is 2.49. The van der Waals surface area contributed by atoms with E-state index in [0.717, 1.165) is 18.4 Å². The summed E-state index contributed by atoms with van der Waals surface area (Å²) in [6, 6.07) is 5.49. The molecule has 14 heavy (non-hydrogen) atoms. The lowest BCUT2D eigenvalue weighted by Crippen LogP contribution is -2.09. The van der Waals surface area contributed by atoms with E-state index in [9.17, 15) is 5.11 Å². The van der Waals surface area contributed by atoms with Crippen LogP contribution in [0.15, 0.2) is 18.2 Å². The highest BCUT2D eigenvalue weighted by Crippen LogP contribution is 2.20. The third-order valence-electron chi connectivity index (χ3n) is 2.16. The van der Waals surface area contributed by atoms with Crippen LogP contribution in [0.3, 0.4) is 0 Å². The largest absolute Gasteiger partial charge is 0.398 e. The number of nitrogens with two attached hydrogens (primary N) is 1.